The first-order valence-corrected chi connectivity index (χ1v) is 14.1. The molecular formula is C32H29ClN6O. The number of rotatable bonds is 5. The molecule has 2 aromatic heterocycles. The lowest BCUT2D eigenvalue weighted by Crippen LogP contribution is -2.18. The van der Waals surface area contributed by atoms with E-state index in [4.69, 9.17) is 26.1 Å². The van der Waals surface area contributed by atoms with Crippen molar-refractivity contribution >= 4 is 22.7 Å². The van der Waals surface area contributed by atoms with Crippen LogP contribution in [0.5, 0.6) is 0 Å². The molecule has 0 amide bonds. The van der Waals surface area contributed by atoms with Crippen LogP contribution in [0, 0.1) is 18.3 Å². The number of hydrogen-bond donors (Lipinski definition) is 0. The van der Waals surface area contributed by atoms with Crippen molar-refractivity contribution in [1.29, 1.82) is 5.26 Å². The largest absolute Gasteiger partial charge is 0.435 e. The first-order chi connectivity index (χ1) is 19.5. The Balaban J connectivity index is 1.27. The molecule has 0 bridgehead atoms. The summed E-state index contributed by atoms with van der Waals surface area (Å²) in [7, 11) is 2.10. The van der Waals surface area contributed by atoms with E-state index in [1.54, 1.807) is 0 Å². The zero-order chi connectivity index (χ0) is 27.4. The minimum absolute atomic E-state index is 0.504. The van der Waals surface area contributed by atoms with Crippen LogP contribution in [0.4, 0.5) is 0 Å². The van der Waals surface area contributed by atoms with Crippen molar-refractivity contribution in [1.82, 2.24) is 24.6 Å². The summed E-state index contributed by atoms with van der Waals surface area (Å²) in [5, 5.41) is 15.3. The molecule has 40 heavy (non-hydrogen) atoms. The standard InChI is InChI=1S/C32H29ClN6O/c1-20-24(26-9-6-10-29(30(26)33)39-18-23-17-37(2)19-28(23)36-39)7-5-8-25(20)32-35-27-14-21(16-38-11-3-4-12-38)13-22(15-34)31(27)40-32/h5-10,13-14,18H,3-4,11-12,16-17,19H2,1-2H3. The maximum atomic E-state index is 9.87. The second-order valence-corrected chi connectivity index (χ2v) is 11.3. The fraction of sp³-hybridized carbons (Fsp3) is 0.281. The number of halogens is 1. The molecule has 5 aromatic rings. The highest BCUT2D eigenvalue weighted by Crippen LogP contribution is 2.39. The molecule has 0 saturated carbocycles. The van der Waals surface area contributed by atoms with E-state index >= 15 is 0 Å². The van der Waals surface area contributed by atoms with E-state index in [0.29, 0.717) is 27.6 Å². The molecule has 7 nitrogen and oxygen atoms in total. The van der Waals surface area contributed by atoms with Gasteiger partial charge in [0.2, 0.25) is 5.89 Å². The topological polar surface area (TPSA) is 74.1 Å². The van der Waals surface area contributed by atoms with Crippen LogP contribution < -0.4 is 0 Å². The molecule has 0 aliphatic carbocycles. The molecule has 1 fully saturated rings. The Morgan fingerprint density at radius 2 is 1.80 bits per heavy atom. The van der Waals surface area contributed by atoms with E-state index in [1.807, 2.05) is 41.1 Å². The summed E-state index contributed by atoms with van der Waals surface area (Å²) in [5.41, 5.74) is 9.85. The molecule has 2 aliphatic rings. The summed E-state index contributed by atoms with van der Waals surface area (Å²) in [6, 6.07) is 18.4. The van der Waals surface area contributed by atoms with Crippen LogP contribution in [0.3, 0.4) is 0 Å². The predicted octanol–water partition coefficient (Wildman–Crippen LogP) is 6.72. The van der Waals surface area contributed by atoms with Gasteiger partial charge in [-0.1, -0.05) is 35.9 Å². The second-order valence-electron chi connectivity index (χ2n) is 10.9. The predicted molar refractivity (Wildman–Crippen MR) is 156 cm³/mol. The van der Waals surface area contributed by atoms with Gasteiger partial charge in [0.1, 0.15) is 11.6 Å². The van der Waals surface area contributed by atoms with Crippen LogP contribution in [-0.2, 0) is 19.6 Å². The van der Waals surface area contributed by atoms with Gasteiger partial charge in [0, 0.05) is 42.5 Å². The van der Waals surface area contributed by atoms with Gasteiger partial charge in [0.25, 0.3) is 0 Å². The van der Waals surface area contributed by atoms with E-state index < -0.39 is 0 Å². The van der Waals surface area contributed by atoms with Crippen LogP contribution in [0.25, 0.3) is 39.4 Å². The number of hydrogen-bond acceptors (Lipinski definition) is 6. The first-order valence-electron chi connectivity index (χ1n) is 13.7. The minimum Gasteiger partial charge on any atom is -0.435 e. The van der Waals surface area contributed by atoms with Crippen molar-refractivity contribution in [2.75, 3.05) is 20.1 Å². The maximum absolute atomic E-state index is 9.87. The van der Waals surface area contributed by atoms with Gasteiger partial charge in [-0.15, -0.1) is 0 Å². The SMILES string of the molecule is Cc1c(-c2nc3cc(CN4CCCC4)cc(C#N)c3o2)cccc1-c1cccc(-n2cc3c(n2)CN(C)C3)c1Cl. The monoisotopic (exact) mass is 548 g/mol. The summed E-state index contributed by atoms with van der Waals surface area (Å²) in [6.45, 7) is 6.82. The van der Waals surface area contributed by atoms with E-state index in [-0.39, 0.29) is 0 Å². The average Bonchev–Trinajstić information content (AvgIpc) is 3.73. The second kappa shape index (κ2) is 9.90. The van der Waals surface area contributed by atoms with Crippen molar-refractivity contribution in [3.05, 3.63) is 87.7 Å². The van der Waals surface area contributed by atoms with Crippen molar-refractivity contribution in [2.45, 2.75) is 39.4 Å². The third kappa shape index (κ3) is 4.29. The Labute approximate surface area is 238 Å². The van der Waals surface area contributed by atoms with Crippen LogP contribution >= 0.6 is 11.6 Å². The summed E-state index contributed by atoms with van der Waals surface area (Å²) in [4.78, 5) is 9.52. The minimum atomic E-state index is 0.504. The molecule has 2 aliphatic heterocycles. The number of benzene rings is 3. The molecule has 4 heterocycles. The van der Waals surface area contributed by atoms with E-state index in [1.165, 1.54) is 18.4 Å². The van der Waals surface area contributed by atoms with Crippen molar-refractivity contribution < 1.29 is 4.42 Å². The number of oxazole rings is 1. The number of aromatic nitrogens is 3. The molecule has 3 aromatic carbocycles. The fourth-order valence-corrected chi connectivity index (χ4v) is 6.39. The lowest BCUT2D eigenvalue weighted by molar-refractivity contribution is 0.331. The first kappa shape index (κ1) is 25.0. The summed E-state index contributed by atoms with van der Waals surface area (Å²) in [6.07, 6.45) is 4.54. The molecular weight excluding hydrogens is 520 g/mol. The Kier molecular flexibility index (Phi) is 6.20. The van der Waals surface area contributed by atoms with Gasteiger partial charge in [0.05, 0.1) is 22.0 Å². The summed E-state index contributed by atoms with van der Waals surface area (Å²) in [5.74, 6) is 0.504. The van der Waals surface area contributed by atoms with E-state index in [2.05, 4.69) is 48.2 Å². The van der Waals surface area contributed by atoms with E-state index in [9.17, 15) is 5.26 Å². The van der Waals surface area contributed by atoms with Gasteiger partial charge in [-0.3, -0.25) is 9.80 Å². The highest BCUT2D eigenvalue weighted by Gasteiger charge is 2.23. The zero-order valence-corrected chi connectivity index (χ0v) is 23.4. The van der Waals surface area contributed by atoms with Crippen LogP contribution in [0.2, 0.25) is 5.02 Å². The molecule has 0 N–H and O–H groups in total. The Morgan fingerprint density at radius 1 is 1.02 bits per heavy atom. The summed E-state index contributed by atoms with van der Waals surface area (Å²) >= 11 is 7.04. The van der Waals surface area contributed by atoms with Gasteiger partial charge >= 0.3 is 0 Å². The molecule has 0 spiro atoms. The highest BCUT2D eigenvalue weighted by molar-refractivity contribution is 6.35. The van der Waals surface area contributed by atoms with Gasteiger partial charge in [0.15, 0.2) is 5.58 Å². The Morgan fingerprint density at radius 3 is 2.60 bits per heavy atom. The number of nitrogens with zero attached hydrogens (tertiary/aromatic N) is 6. The van der Waals surface area contributed by atoms with Gasteiger partial charge in [-0.05, 0) is 80.9 Å². The third-order valence-electron chi connectivity index (χ3n) is 8.09. The highest BCUT2D eigenvalue weighted by atomic mass is 35.5. The van der Waals surface area contributed by atoms with Crippen LogP contribution in [-0.4, -0.2) is 44.7 Å². The lowest BCUT2D eigenvalue weighted by atomic mass is 9.96. The van der Waals surface area contributed by atoms with E-state index in [0.717, 1.165) is 71.9 Å². The van der Waals surface area contributed by atoms with Crippen LogP contribution in [0.1, 0.15) is 40.8 Å². The zero-order valence-electron chi connectivity index (χ0n) is 22.6. The van der Waals surface area contributed by atoms with Crippen molar-refractivity contribution in [2.24, 2.45) is 0 Å². The van der Waals surface area contributed by atoms with Crippen LogP contribution in [0.15, 0.2) is 59.1 Å². The van der Waals surface area contributed by atoms with Gasteiger partial charge < -0.3 is 4.42 Å². The molecule has 8 heteroatoms. The molecule has 0 atom stereocenters. The fourth-order valence-electron chi connectivity index (χ4n) is 6.08. The molecule has 0 unspecified atom stereocenters. The molecule has 1 saturated heterocycles. The van der Waals surface area contributed by atoms with Gasteiger partial charge in [-0.2, -0.15) is 10.4 Å². The molecule has 0 radical (unpaired) electrons. The smallest absolute Gasteiger partial charge is 0.227 e. The normalized spacial score (nSPS) is 15.7. The maximum Gasteiger partial charge on any atom is 0.227 e. The number of likely N-dealkylation sites (tertiary alicyclic amines) is 1. The molecule has 7 rings (SSSR count). The van der Waals surface area contributed by atoms with Gasteiger partial charge in [-0.25, -0.2) is 9.67 Å². The van der Waals surface area contributed by atoms with Crippen molar-refractivity contribution in [3.63, 3.8) is 0 Å². The Bertz CT molecular complexity index is 1780. The number of fused-ring (bicyclic) bond motifs is 2. The third-order valence-corrected chi connectivity index (χ3v) is 8.49. The quantitative estimate of drug-likeness (QED) is 0.243. The average molecular weight is 549 g/mol. The van der Waals surface area contributed by atoms with Crippen molar-refractivity contribution in [3.8, 4) is 34.3 Å². The Hall–Kier alpha value is -3.96. The lowest BCUT2D eigenvalue weighted by Gasteiger charge is -2.14. The molecule has 200 valence electrons. The summed E-state index contributed by atoms with van der Waals surface area (Å²) < 4.78 is 8.14. The number of nitriles is 1.